The second-order valence-corrected chi connectivity index (χ2v) is 5.56. The molecule has 0 radical (unpaired) electrons. The van der Waals surface area contributed by atoms with E-state index in [1.807, 2.05) is 18.7 Å². The number of hydrogen-bond acceptors (Lipinski definition) is 5. The van der Waals surface area contributed by atoms with Crippen molar-refractivity contribution < 1.29 is 0 Å². The minimum atomic E-state index is 0.619. The maximum Gasteiger partial charge on any atom is 0.205 e. The highest BCUT2D eigenvalue weighted by Crippen LogP contribution is 2.22. The van der Waals surface area contributed by atoms with E-state index in [-0.39, 0.29) is 0 Å². The Kier molecular flexibility index (Phi) is 3.05. The zero-order valence-corrected chi connectivity index (χ0v) is 9.25. The molecule has 1 aromatic rings. The van der Waals surface area contributed by atoms with Gasteiger partial charge in [0, 0.05) is 6.04 Å². The van der Waals surface area contributed by atoms with Crippen LogP contribution in [0.1, 0.15) is 17.8 Å². The smallest absolute Gasteiger partial charge is 0.205 e. The molecule has 13 heavy (non-hydrogen) atoms. The number of anilines is 1. The zero-order valence-electron chi connectivity index (χ0n) is 7.62. The molecular weight excluding hydrogens is 202 g/mol. The highest BCUT2D eigenvalue weighted by molar-refractivity contribution is 7.99. The van der Waals surface area contributed by atoms with Gasteiger partial charge in [0.25, 0.3) is 0 Å². The van der Waals surface area contributed by atoms with Crippen molar-refractivity contribution in [3.8, 4) is 0 Å². The minimum Gasteiger partial charge on any atom is -0.357 e. The van der Waals surface area contributed by atoms with E-state index in [0.29, 0.717) is 6.04 Å². The zero-order chi connectivity index (χ0) is 9.10. The van der Waals surface area contributed by atoms with Crippen LogP contribution < -0.4 is 5.32 Å². The van der Waals surface area contributed by atoms with Crippen LogP contribution in [-0.2, 0) is 0 Å². The molecule has 1 N–H and O–H groups in total. The van der Waals surface area contributed by atoms with Gasteiger partial charge in [-0.05, 0) is 31.3 Å². The van der Waals surface area contributed by atoms with Crippen molar-refractivity contribution in [1.29, 1.82) is 0 Å². The first-order valence-corrected chi connectivity index (χ1v) is 6.46. The summed E-state index contributed by atoms with van der Waals surface area (Å²) in [6.45, 7) is 1.99. The van der Waals surface area contributed by atoms with Crippen LogP contribution in [0.3, 0.4) is 0 Å². The van der Waals surface area contributed by atoms with Crippen LogP contribution in [0.4, 0.5) is 5.13 Å². The molecule has 0 aliphatic carbocycles. The van der Waals surface area contributed by atoms with Crippen molar-refractivity contribution in [2.45, 2.75) is 25.8 Å². The number of nitrogens with zero attached hydrogens (tertiary/aromatic N) is 2. The van der Waals surface area contributed by atoms with Crippen LogP contribution >= 0.6 is 23.1 Å². The lowest BCUT2D eigenvalue weighted by Gasteiger charge is -2.21. The van der Waals surface area contributed by atoms with E-state index in [0.717, 1.165) is 10.1 Å². The number of aryl methyl sites for hydroxylation is 1. The highest BCUT2D eigenvalue weighted by Gasteiger charge is 2.14. The summed E-state index contributed by atoms with van der Waals surface area (Å²) in [5.74, 6) is 2.55. The Morgan fingerprint density at radius 2 is 2.08 bits per heavy atom. The molecule has 0 unspecified atom stereocenters. The fourth-order valence-electron chi connectivity index (χ4n) is 1.37. The van der Waals surface area contributed by atoms with Crippen molar-refractivity contribution >= 4 is 28.2 Å². The SMILES string of the molecule is Cc1nnc(NC2CCSCC2)s1. The summed E-state index contributed by atoms with van der Waals surface area (Å²) in [7, 11) is 0. The van der Waals surface area contributed by atoms with Crippen LogP contribution in [0.25, 0.3) is 0 Å². The normalized spacial score (nSPS) is 18.8. The van der Waals surface area contributed by atoms with Crippen LogP contribution in [0.15, 0.2) is 0 Å². The van der Waals surface area contributed by atoms with Crippen LogP contribution in [0, 0.1) is 6.92 Å². The number of aromatic nitrogens is 2. The lowest BCUT2D eigenvalue weighted by Crippen LogP contribution is -2.24. The number of hydrogen-bond donors (Lipinski definition) is 1. The first-order valence-electron chi connectivity index (χ1n) is 4.49. The average Bonchev–Trinajstić information content (AvgIpc) is 2.53. The summed E-state index contributed by atoms with van der Waals surface area (Å²) in [5, 5.41) is 13.5. The van der Waals surface area contributed by atoms with Gasteiger partial charge in [0.2, 0.25) is 5.13 Å². The minimum absolute atomic E-state index is 0.619. The molecule has 3 nitrogen and oxygen atoms in total. The van der Waals surface area contributed by atoms with Gasteiger partial charge < -0.3 is 5.32 Å². The van der Waals surface area contributed by atoms with Crippen LogP contribution in [0.2, 0.25) is 0 Å². The first kappa shape index (κ1) is 9.27. The topological polar surface area (TPSA) is 37.8 Å². The molecule has 2 heterocycles. The Balaban J connectivity index is 1.89. The molecule has 72 valence electrons. The fourth-order valence-corrected chi connectivity index (χ4v) is 3.15. The molecule has 0 bridgehead atoms. The van der Waals surface area contributed by atoms with Gasteiger partial charge in [0.1, 0.15) is 5.01 Å². The molecule has 1 fully saturated rings. The quantitative estimate of drug-likeness (QED) is 0.820. The van der Waals surface area contributed by atoms with E-state index in [9.17, 15) is 0 Å². The van der Waals surface area contributed by atoms with E-state index in [4.69, 9.17) is 0 Å². The highest BCUT2D eigenvalue weighted by atomic mass is 32.2. The van der Waals surface area contributed by atoms with Crippen molar-refractivity contribution in [2.24, 2.45) is 0 Å². The summed E-state index contributed by atoms with van der Waals surface area (Å²) in [6, 6.07) is 0.619. The Morgan fingerprint density at radius 3 is 2.69 bits per heavy atom. The standard InChI is InChI=1S/C8H13N3S2/c1-6-10-11-8(13-6)9-7-2-4-12-5-3-7/h7H,2-5H2,1H3,(H,9,11). The number of nitrogens with one attached hydrogen (secondary N) is 1. The predicted octanol–water partition coefficient (Wildman–Crippen LogP) is 2.15. The number of thioether (sulfide) groups is 1. The molecule has 0 atom stereocenters. The summed E-state index contributed by atoms with van der Waals surface area (Å²) in [5.41, 5.74) is 0. The lowest BCUT2D eigenvalue weighted by molar-refractivity contribution is 0.665. The monoisotopic (exact) mass is 215 g/mol. The third kappa shape index (κ3) is 2.57. The molecule has 2 rings (SSSR count). The maximum absolute atomic E-state index is 4.06. The molecular formula is C8H13N3S2. The predicted molar refractivity (Wildman–Crippen MR) is 58.6 cm³/mol. The fraction of sp³-hybridized carbons (Fsp3) is 0.750. The summed E-state index contributed by atoms with van der Waals surface area (Å²) >= 11 is 3.68. The van der Waals surface area contributed by atoms with Crippen molar-refractivity contribution in [3.63, 3.8) is 0 Å². The Morgan fingerprint density at radius 1 is 1.31 bits per heavy atom. The van der Waals surface area contributed by atoms with Crippen LogP contribution in [-0.4, -0.2) is 27.7 Å². The van der Waals surface area contributed by atoms with E-state index in [1.54, 1.807) is 11.3 Å². The van der Waals surface area contributed by atoms with Crippen LogP contribution in [0.5, 0.6) is 0 Å². The van der Waals surface area contributed by atoms with E-state index >= 15 is 0 Å². The molecule has 0 amide bonds. The maximum atomic E-state index is 4.06. The van der Waals surface area contributed by atoms with Gasteiger partial charge in [-0.1, -0.05) is 11.3 Å². The van der Waals surface area contributed by atoms with Crippen molar-refractivity contribution in [2.75, 3.05) is 16.8 Å². The summed E-state index contributed by atoms with van der Waals surface area (Å²) < 4.78 is 0. The first-order chi connectivity index (χ1) is 6.34. The van der Waals surface area contributed by atoms with Crippen molar-refractivity contribution in [1.82, 2.24) is 10.2 Å². The van der Waals surface area contributed by atoms with Gasteiger partial charge in [-0.2, -0.15) is 11.8 Å². The summed E-state index contributed by atoms with van der Waals surface area (Å²) in [4.78, 5) is 0. The van der Waals surface area contributed by atoms with E-state index in [1.165, 1.54) is 24.3 Å². The van der Waals surface area contributed by atoms with E-state index in [2.05, 4.69) is 15.5 Å². The molecule has 0 spiro atoms. The Bertz CT molecular complexity index is 268. The van der Waals surface area contributed by atoms with Crippen molar-refractivity contribution in [3.05, 3.63) is 5.01 Å². The second kappa shape index (κ2) is 4.28. The van der Waals surface area contributed by atoms with Gasteiger partial charge in [-0.15, -0.1) is 10.2 Å². The molecule has 0 saturated carbocycles. The Hall–Kier alpha value is -0.290. The lowest BCUT2D eigenvalue weighted by atomic mass is 10.2. The third-order valence-electron chi connectivity index (χ3n) is 2.07. The Labute approximate surface area is 86.3 Å². The second-order valence-electron chi connectivity index (χ2n) is 3.16. The van der Waals surface area contributed by atoms with Gasteiger partial charge in [0.15, 0.2) is 0 Å². The van der Waals surface area contributed by atoms with Gasteiger partial charge in [-0.3, -0.25) is 0 Å². The average molecular weight is 215 g/mol. The van der Waals surface area contributed by atoms with Gasteiger partial charge in [-0.25, -0.2) is 0 Å². The van der Waals surface area contributed by atoms with Gasteiger partial charge >= 0.3 is 0 Å². The largest absolute Gasteiger partial charge is 0.357 e. The molecule has 1 aliphatic heterocycles. The molecule has 0 aromatic carbocycles. The number of rotatable bonds is 2. The summed E-state index contributed by atoms with van der Waals surface area (Å²) in [6.07, 6.45) is 2.51. The molecule has 1 saturated heterocycles. The van der Waals surface area contributed by atoms with E-state index < -0.39 is 0 Å². The van der Waals surface area contributed by atoms with Gasteiger partial charge in [0.05, 0.1) is 0 Å². The molecule has 1 aromatic heterocycles. The molecule has 1 aliphatic rings. The third-order valence-corrected chi connectivity index (χ3v) is 3.89. The molecule has 5 heteroatoms.